The molecule has 1 atom stereocenters. The molecule has 42 heavy (non-hydrogen) atoms. The highest BCUT2D eigenvalue weighted by atomic mass is 32.2. The third-order valence-electron chi connectivity index (χ3n) is 8.03. The van der Waals surface area contributed by atoms with Gasteiger partial charge < -0.3 is 24.1 Å². The lowest BCUT2D eigenvalue weighted by Crippen LogP contribution is -2.25. The highest BCUT2D eigenvalue weighted by Gasteiger charge is 2.35. The van der Waals surface area contributed by atoms with Crippen LogP contribution in [0.5, 0.6) is 5.75 Å². The van der Waals surface area contributed by atoms with Gasteiger partial charge in [-0.15, -0.1) is 0 Å². The maximum absolute atomic E-state index is 14.8. The number of benzene rings is 2. The highest BCUT2D eigenvalue weighted by Crippen LogP contribution is 2.48. The van der Waals surface area contributed by atoms with Gasteiger partial charge in [-0.1, -0.05) is 6.07 Å². The molecular weight excluding hydrogens is 563 g/mol. The van der Waals surface area contributed by atoms with E-state index in [9.17, 15) is 22.7 Å². The average Bonchev–Trinajstić information content (AvgIpc) is 3.64. The zero-order valence-corrected chi connectivity index (χ0v) is 23.8. The van der Waals surface area contributed by atoms with Crippen molar-refractivity contribution in [1.82, 2.24) is 14.9 Å². The molecular formula is C30H27FN4O6S. The molecule has 1 fully saturated rings. The fraction of sp³-hybridized carbons (Fsp3) is 0.267. The van der Waals surface area contributed by atoms with E-state index < -0.39 is 22.1 Å². The van der Waals surface area contributed by atoms with E-state index in [1.165, 1.54) is 19.3 Å². The largest absolute Gasteiger partial charge is 0.465 e. The molecule has 216 valence electrons. The number of furan rings is 1. The van der Waals surface area contributed by atoms with Crippen LogP contribution in [0, 0.1) is 5.82 Å². The average molecular weight is 591 g/mol. The number of aromatic nitrogens is 2. The second-order valence-electron chi connectivity index (χ2n) is 10.7. The first-order chi connectivity index (χ1) is 20.1. The van der Waals surface area contributed by atoms with Crippen LogP contribution < -0.4 is 14.4 Å². The van der Waals surface area contributed by atoms with Crippen molar-refractivity contribution in [3.63, 3.8) is 0 Å². The van der Waals surface area contributed by atoms with Crippen molar-refractivity contribution in [2.24, 2.45) is 0 Å². The summed E-state index contributed by atoms with van der Waals surface area (Å²) in [6, 6.07) is 11.5. The number of anilines is 1. The highest BCUT2D eigenvalue weighted by molar-refractivity contribution is 7.92. The summed E-state index contributed by atoms with van der Waals surface area (Å²) in [7, 11) is -0.700. The summed E-state index contributed by atoms with van der Waals surface area (Å²) >= 11 is 0. The number of carbonyl (C=O) groups is 1. The van der Waals surface area contributed by atoms with E-state index in [2.05, 4.69) is 10.3 Å². The van der Waals surface area contributed by atoms with Crippen LogP contribution in [0.1, 0.15) is 41.1 Å². The Kier molecular flexibility index (Phi) is 5.86. The van der Waals surface area contributed by atoms with Crippen LogP contribution >= 0.6 is 0 Å². The summed E-state index contributed by atoms with van der Waals surface area (Å²) in [6.07, 6.45) is 3.63. The van der Waals surface area contributed by atoms with Crippen LogP contribution in [0.15, 0.2) is 53.1 Å². The molecule has 4 heterocycles. The monoisotopic (exact) mass is 590 g/mol. The number of ether oxygens (including phenoxy) is 1. The number of nitrogens with one attached hydrogen (secondary N) is 1. The van der Waals surface area contributed by atoms with Gasteiger partial charge in [0.15, 0.2) is 6.23 Å². The lowest BCUT2D eigenvalue weighted by atomic mass is 10.00. The molecule has 12 heteroatoms. The maximum atomic E-state index is 14.8. The van der Waals surface area contributed by atoms with Crippen molar-refractivity contribution >= 4 is 43.5 Å². The van der Waals surface area contributed by atoms with Crippen LogP contribution in [0.25, 0.3) is 44.4 Å². The van der Waals surface area contributed by atoms with E-state index in [4.69, 9.17) is 9.15 Å². The number of aliphatic hydroxyl groups is 1. The number of sulfonamides is 1. The number of pyridine rings is 1. The van der Waals surface area contributed by atoms with Crippen molar-refractivity contribution < 1.29 is 31.9 Å². The normalized spacial score (nSPS) is 16.3. The van der Waals surface area contributed by atoms with Gasteiger partial charge in [-0.05, 0) is 43.2 Å². The molecule has 1 aliphatic carbocycles. The van der Waals surface area contributed by atoms with Gasteiger partial charge in [-0.25, -0.2) is 12.8 Å². The zero-order valence-electron chi connectivity index (χ0n) is 23.0. The molecule has 2 aromatic carbocycles. The summed E-state index contributed by atoms with van der Waals surface area (Å²) in [6.45, 7) is -0.347. The smallest absolute Gasteiger partial charge is 0.255 e. The van der Waals surface area contributed by atoms with E-state index in [1.54, 1.807) is 48.0 Å². The fourth-order valence-corrected chi connectivity index (χ4v) is 6.23. The Morgan fingerprint density at radius 2 is 1.98 bits per heavy atom. The van der Waals surface area contributed by atoms with Gasteiger partial charge in [-0.2, -0.15) is 0 Å². The predicted octanol–water partition coefficient (Wildman–Crippen LogP) is 4.77. The van der Waals surface area contributed by atoms with E-state index in [-0.39, 0.29) is 18.4 Å². The van der Waals surface area contributed by atoms with Gasteiger partial charge in [-0.3, -0.25) is 14.1 Å². The Balaban J connectivity index is 1.49. The molecule has 1 saturated carbocycles. The Bertz CT molecular complexity index is 2050. The number of hydrogen-bond acceptors (Lipinski definition) is 7. The standard InChI is InChI=1S/C30H27FN4O6S/c1-32-30(37)28-19-9-17(23(34(2)42(3,38)39)12-25(19)41-29(28)15-7-8-15)21-10-18-24-11-16-20(31)5-4-6-22(16)35(24)27(14-36)40-26(18)13-33-21/h4-6,9-13,15,27,36H,7-8,14H2,1-3H3,(H,32,37). The van der Waals surface area contributed by atoms with Crippen LogP contribution in [0.3, 0.4) is 0 Å². The summed E-state index contributed by atoms with van der Waals surface area (Å²) in [5, 5.41) is 13.7. The topological polar surface area (TPSA) is 127 Å². The minimum atomic E-state index is -3.70. The number of fused-ring (bicyclic) bond motifs is 6. The quantitative estimate of drug-likeness (QED) is 0.292. The molecule has 1 aliphatic heterocycles. The number of nitrogens with zero attached hydrogens (tertiary/aromatic N) is 3. The third-order valence-corrected chi connectivity index (χ3v) is 9.22. The molecule has 0 spiro atoms. The predicted molar refractivity (Wildman–Crippen MR) is 156 cm³/mol. The SMILES string of the molecule is CNC(=O)c1c(C2CC2)oc2cc(N(C)S(C)(=O)=O)c(-c3cc4c(cn3)OC(CO)n3c-4cc4c(F)cccc43)cc12. The molecule has 2 N–H and O–H groups in total. The Labute approximate surface area is 240 Å². The maximum Gasteiger partial charge on any atom is 0.255 e. The zero-order chi connectivity index (χ0) is 29.5. The second-order valence-corrected chi connectivity index (χ2v) is 12.7. The molecule has 10 nitrogen and oxygen atoms in total. The van der Waals surface area contributed by atoms with Crippen molar-refractivity contribution in [1.29, 1.82) is 0 Å². The minimum Gasteiger partial charge on any atom is -0.465 e. The first-order valence-corrected chi connectivity index (χ1v) is 15.3. The molecule has 5 aromatic rings. The van der Waals surface area contributed by atoms with Crippen molar-refractivity contribution in [2.45, 2.75) is 25.0 Å². The summed E-state index contributed by atoms with van der Waals surface area (Å²) in [5.74, 6) is 0.405. The molecule has 7 rings (SSSR count). The fourth-order valence-electron chi connectivity index (χ4n) is 5.72. The van der Waals surface area contributed by atoms with Gasteiger partial charge in [0.1, 0.15) is 22.9 Å². The Morgan fingerprint density at radius 1 is 1.19 bits per heavy atom. The molecule has 0 radical (unpaired) electrons. The Morgan fingerprint density at radius 3 is 2.67 bits per heavy atom. The second kappa shape index (κ2) is 9.30. The van der Waals surface area contributed by atoms with E-state index in [1.807, 2.05) is 0 Å². The Hall–Kier alpha value is -4.42. The van der Waals surface area contributed by atoms with Crippen LogP contribution in [-0.4, -0.2) is 55.9 Å². The lowest BCUT2D eigenvalue weighted by Gasteiger charge is -2.29. The number of rotatable bonds is 6. The first kappa shape index (κ1) is 26.5. The number of hydrogen-bond donors (Lipinski definition) is 2. The third kappa shape index (κ3) is 3.97. The molecule has 1 amide bonds. The van der Waals surface area contributed by atoms with E-state index >= 15 is 0 Å². The van der Waals surface area contributed by atoms with Crippen molar-refractivity contribution in [3.05, 3.63) is 65.8 Å². The van der Waals surface area contributed by atoms with Crippen LogP contribution in [0.4, 0.5) is 10.1 Å². The molecule has 3 aromatic heterocycles. The summed E-state index contributed by atoms with van der Waals surface area (Å²) in [4.78, 5) is 17.6. The van der Waals surface area contributed by atoms with Crippen LogP contribution in [-0.2, 0) is 10.0 Å². The number of carbonyl (C=O) groups excluding carboxylic acids is 1. The number of amides is 1. The number of halogens is 1. The molecule has 1 unspecified atom stereocenters. The van der Waals surface area contributed by atoms with Gasteiger partial charge in [0, 0.05) is 48.0 Å². The lowest BCUT2D eigenvalue weighted by molar-refractivity contribution is 0.0611. The van der Waals surface area contributed by atoms with Gasteiger partial charge in [0.05, 0.1) is 47.2 Å². The van der Waals surface area contributed by atoms with Gasteiger partial charge in [0.25, 0.3) is 5.91 Å². The molecule has 0 saturated heterocycles. The minimum absolute atomic E-state index is 0.130. The van der Waals surface area contributed by atoms with Gasteiger partial charge >= 0.3 is 0 Å². The van der Waals surface area contributed by atoms with E-state index in [0.717, 1.165) is 23.4 Å². The molecule has 2 aliphatic rings. The number of aliphatic hydroxyl groups excluding tert-OH is 1. The van der Waals surface area contributed by atoms with Crippen molar-refractivity contribution in [2.75, 3.05) is 31.3 Å². The van der Waals surface area contributed by atoms with Crippen LogP contribution in [0.2, 0.25) is 0 Å². The van der Waals surface area contributed by atoms with E-state index in [0.29, 0.717) is 67.1 Å². The van der Waals surface area contributed by atoms with Crippen molar-refractivity contribution in [3.8, 4) is 28.3 Å². The molecule has 0 bridgehead atoms. The summed E-state index contributed by atoms with van der Waals surface area (Å²) < 4.78 is 55.3. The first-order valence-electron chi connectivity index (χ1n) is 13.4. The summed E-state index contributed by atoms with van der Waals surface area (Å²) in [5.41, 5.74) is 3.75. The van der Waals surface area contributed by atoms with Gasteiger partial charge in [0.2, 0.25) is 10.0 Å².